The number of aliphatic hydroxyl groups excluding tert-OH is 1. The first-order valence-electron chi connectivity index (χ1n) is 7.60. The van der Waals surface area contributed by atoms with Crippen molar-refractivity contribution in [2.45, 2.75) is 12.7 Å². The van der Waals surface area contributed by atoms with Crippen LogP contribution in [0.3, 0.4) is 0 Å². The molecule has 0 aliphatic carbocycles. The summed E-state index contributed by atoms with van der Waals surface area (Å²) in [7, 11) is 3.24. The van der Waals surface area contributed by atoms with E-state index in [2.05, 4.69) is 10.3 Å². The predicted molar refractivity (Wildman–Crippen MR) is 95.2 cm³/mol. The standard InChI is InChI=1S/C18H23N3O3/c1-23-12-14-5-3-4-6-16(14)21-18(19)20-11-17(22)13-7-9-15(24-2)10-8-13/h3-10,17,22H,11-12H2,1-2H3,(H3,19,20,21). The van der Waals surface area contributed by atoms with Crippen molar-refractivity contribution in [2.24, 2.45) is 10.7 Å². The number of nitrogens with zero attached hydrogens (tertiary/aromatic N) is 1. The van der Waals surface area contributed by atoms with E-state index < -0.39 is 6.10 Å². The number of nitrogens with two attached hydrogens (primary N) is 1. The van der Waals surface area contributed by atoms with Gasteiger partial charge in [-0.25, -0.2) is 0 Å². The van der Waals surface area contributed by atoms with E-state index in [-0.39, 0.29) is 12.5 Å². The fourth-order valence-electron chi connectivity index (χ4n) is 2.22. The topological polar surface area (TPSA) is 89.1 Å². The summed E-state index contributed by atoms with van der Waals surface area (Å²) in [6.07, 6.45) is -0.731. The van der Waals surface area contributed by atoms with Crippen LogP contribution in [-0.2, 0) is 11.3 Å². The van der Waals surface area contributed by atoms with Gasteiger partial charge in [0, 0.05) is 18.4 Å². The van der Waals surface area contributed by atoms with Crippen molar-refractivity contribution in [3.8, 4) is 5.75 Å². The van der Waals surface area contributed by atoms with Gasteiger partial charge < -0.3 is 25.6 Å². The van der Waals surface area contributed by atoms with Gasteiger partial charge in [0.05, 0.1) is 26.4 Å². The maximum absolute atomic E-state index is 10.2. The van der Waals surface area contributed by atoms with Crippen LogP contribution < -0.4 is 15.8 Å². The zero-order chi connectivity index (χ0) is 17.4. The molecule has 2 rings (SSSR count). The maximum atomic E-state index is 10.2. The Labute approximate surface area is 141 Å². The molecule has 0 aliphatic rings. The number of benzene rings is 2. The molecule has 0 radical (unpaired) electrons. The van der Waals surface area contributed by atoms with Crippen LogP contribution in [0.15, 0.2) is 53.5 Å². The molecule has 0 aliphatic heterocycles. The van der Waals surface area contributed by atoms with Gasteiger partial charge in [0.1, 0.15) is 5.75 Å². The van der Waals surface area contributed by atoms with E-state index >= 15 is 0 Å². The second kappa shape index (κ2) is 8.90. The zero-order valence-corrected chi connectivity index (χ0v) is 13.9. The van der Waals surface area contributed by atoms with Gasteiger partial charge in [0.15, 0.2) is 5.96 Å². The van der Waals surface area contributed by atoms with Crippen LogP contribution in [0, 0.1) is 0 Å². The van der Waals surface area contributed by atoms with Crippen molar-refractivity contribution in [3.63, 3.8) is 0 Å². The monoisotopic (exact) mass is 329 g/mol. The molecular formula is C18H23N3O3. The van der Waals surface area contributed by atoms with Crippen molar-refractivity contribution in [2.75, 3.05) is 26.1 Å². The molecule has 1 unspecified atom stereocenters. The van der Waals surface area contributed by atoms with Gasteiger partial charge in [0.25, 0.3) is 0 Å². The van der Waals surface area contributed by atoms with E-state index in [1.807, 2.05) is 24.3 Å². The second-order valence-electron chi connectivity index (χ2n) is 5.23. The zero-order valence-electron chi connectivity index (χ0n) is 13.9. The average molecular weight is 329 g/mol. The van der Waals surface area contributed by atoms with Crippen LogP contribution in [0.4, 0.5) is 5.69 Å². The van der Waals surface area contributed by atoms with Crippen molar-refractivity contribution >= 4 is 11.6 Å². The first kappa shape index (κ1) is 17.8. The minimum atomic E-state index is -0.731. The molecular weight excluding hydrogens is 306 g/mol. The number of hydrogen-bond donors (Lipinski definition) is 3. The number of para-hydroxylation sites is 1. The Kier molecular flexibility index (Phi) is 6.60. The molecule has 0 amide bonds. The Hall–Kier alpha value is -2.57. The van der Waals surface area contributed by atoms with Crippen LogP contribution in [-0.4, -0.2) is 31.8 Å². The van der Waals surface area contributed by atoms with E-state index in [4.69, 9.17) is 15.2 Å². The van der Waals surface area contributed by atoms with Gasteiger partial charge in [-0.05, 0) is 23.8 Å². The van der Waals surface area contributed by atoms with Crippen LogP contribution in [0.2, 0.25) is 0 Å². The third-order valence-corrected chi connectivity index (χ3v) is 3.52. The molecule has 1 atom stereocenters. The van der Waals surface area contributed by atoms with Crippen molar-refractivity contribution in [1.29, 1.82) is 0 Å². The molecule has 0 spiro atoms. The highest BCUT2D eigenvalue weighted by molar-refractivity contribution is 5.93. The molecule has 0 heterocycles. The van der Waals surface area contributed by atoms with E-state index in [1.54, 1.807) is 38.5 Å². The van der Waals surface area contributed by atoms with Crippen molar-refractivity contribution < 1.29 is 14.6 Å². The highest BCUT2D eigenvalue weighted by Gasteiger charge is 2.08. The number of ether oxygens (including phenoxy) is 2. The van der Waals surface area contributed by atoms with E-state index in [0.717, 1.165) is 22.6 Å². The number of guanidine groups is 1. The fraction of sp³-hybridized carbons (Fsp3) is 0.278. The number of anilines is 1. The minimum absolute atomic E-state index is 0.164. The van der Waals surface area contributed by atoms with Crippen LogP contribution in [0.1, 0.15) is 17.2 Å². The van der Waals surface area contributed by atoms with Gasteiger partial charge in [-0.1, -0.05) is 30.3 Å². The summed E-state index contributed by atoms with van der Waals surface area (Å²) in [5, 5.41) is 13.2. The molecule has 0 aromatic heterocycles. The number of methoxy groups -OCH3 is 2. The summed E-state index contributed by atoms with van der Waals surface area (Å²) in [6, 6.07) is 14.9. The summed E-state index contributed by atoms with van der Waals surface area (Å²) in [5.74, 6) is 0.983. The Morgan fingerprint density at radius 1 is 1.17 bits per heavy atom. The lowest BCUT2D eigenvalue weighted by Crippen LogP contribution is -2.24. The molecule has 4 N–H and O–H groups in total. The average Bonchev–Trinajstić information content (AvgIpc) is 2.61. The van der Waals surface area contributed by atoms with Gasteiger partial charge in [0.2, 0.25) is 0 Å². The second-order valence-corrected chi connectivity index (χ2v) is 5.23. The lowest BCUT2D eigenvalue weighted by atomic mass is 10.1. The van der Waals surface area contributed by atoms with Gasteiger partial charge in [-0.2, -0.15) is 0 Å². The largest absolute Gasteiger partial charge is 0.497 e. The molecule has 0 bridgehead atoms. The number of hydrogen-bond acceptors (Lipinski definition) is 4. The number of aliphatic hydroxyl groups is 1. The summed E-state index contributed by atoms with van der Waals surface area (Å²) >= 11 is 0. The molecule has 24 heavy (non-hydrogen) atoms. The van der Waals surface area contributed by atoms with Crippen LogP contribution in [0.25, 0.3) is 0 Å². The quantitative estimate of drug-likeness (QED) is 0.536. The van der Waals surface area contributed by atoms with Gasteiger partial charge in [-0.3, -0.25) is 4.99 Å². The molecule has 6 nitrogen and oxygen atoms in total. The predicted octanol–water partition coefficient (Wildman–Crippen LogP) is 2.30. The van der Waals surface area contributed by atoms with E-state index in [1.165, 1.54) is 0 Å². The number of aliphatic imine (C=N–C) groups is 1. The first-order chi connectivity index (χ1) is 11.6. The Morgan fingerprint density at radius 2 is 1.88 bits per heavy atom. The lowest BCUT2D eigenvalue weighted by Gasteiger charge is -2.12. The Balaban J connectivity index is 1.98. The van der Waals surface area contributed by atoms with Gasteiger partial charge >= 0.3 is 0 Å². The first-order valence-corrected chi connectivity index (χ1v) is 7.60. The van der Waals surface area contributed by atoms with Crippen LogP contribution >= 0.6 is 0 Å². The lowest BCUT2D eigenvalue weighted by molar-refractivity contribution is 0.185. The normalized spacial score (nSPS) is 12.7. The Bertz CT molecular complexity index is 671. The summed E-state index contributed by atoms with van der Waals surface area (Å²) in [4.78, 5) is 4.20. The summed E-state index contributed by atoms with van der Waals surface area (Å²) in [6.45, 7) is 0.641. The number of rotatable bonds is 7. The number of nitrogens with one attached hydrogen (secondary N) is 1. The molecule has 0 saturated carbocycles. The molecule has 2 aromatic rings. The summed E-state index contributed by atoms with van der Waals surface area (Å²) < 4.78 is 10.2. The van der Waals surface area contributed by atoms with Crippen molar-refractivity contribution in [3.05, 3.63) is 59.7 Å². The third-order valence-electron chi connectivity index (χ3n) is 3.52. The highest BCUT2D eigenvalue weighted by Crippen LogP contribution is 2.18. The highest BCUT2D eigenvalue weighted by atomic mass is 16.5. The molecule has 2 aromatic carbocycles. The summed E-state index contributed by atoms with van der Waals surface area (Å²) in [5.41, 5.74) is 8.48. The third kappa shape index (κ3) is 4.97. The molecule has 128 valence electrons. The van der Waals surface area contributed by atoms with E-state index in [9.17, 15) is 5.11 Å². The SMILES string of the molecule is COCc1ccccc1NC(N)=NCC(O)c1ccc(OC)cc1. The molecule has 6 heteroatoms. The smallest absolute Gasteiger partial charge is 0.193 e. The molecule has 0 fully saturated rings. The van der Waals surface area contributed by atoms with Gasteiger partial charge in [-0.15, -0.1) is 0 Å². The Morgan fingerprint density at radius 3 is 2.54 bits per heavy atom. The van der Waals surface area contributed by atoms with E-state index in [0.29, 0.717) is 6.61 Å². The fourth-order valence-corrected chi connectivity index (χ4v) is 2.22. The molecule has 0 saturated heterocycles. The van der Waals surface area contributed by atoms with Crippen LogP contribution in [0.5, 0.6) is 5.75 Å². The maximum Gasteiger partial charge on any atom is 0.193 e. The van der Waals surface area contributed by atoms with Crippen molar-refractivity contribution in [1.82, 2.24) is 0 Å². The minimum Gasteiger partial charge on any atom is -0.497 e.